The van der Waals surface area contributed by atoms with Gasteiger partial charge in [-0.2, -0.15) is 0 Å². The summed E-state index contributed by atoms with van der Waals surface area (Å²) in [7, 11) is 1.40. The third kappa shape index (κ3) is 3.95. The topological polar surface area (TPSA) is 29.5 Å². The lowest BCUT2D eigenvalue weighted by Crippen LogP contribution is -2.41. The fourth-order valence-corrected chi connectivity index (χ4v) is 2.62. The average molecular weight is 346 g/mol. The molecule has 0 saturated heterocycles. The Labute approximate surface area is 128 Å². The Morgan fingerprint density at radius 1 is 1.40 bits per heavy atom. The number of nitrogens with zero attached hydrogens (tertiary/aromatic N) is 1. The highest BCUT2D eigenvalue weighted by atomic mass is 79.9. The zero-order chi connectivity index (χ0) is 15.1. The van der Waals surface area contributed by atoms with Crippen molar-refractivity contribution in [2.45, 2.75) is 32.7 Å². The summed E-state index contributed by atoms with van der Waals surface area (Å²) < 4.78 is 18.6. The van der Waals surface area contributed by atoms with Crippen molar-refractivity contribution < 1.29 is 13.9 Å². The second-order valence-corrected chi connectivity index (χ2v) is 5.30. The monoisotopic (exact) mass is 345 g/mol. The standard InChI is InChI=1S/C15H21BrFNO2/c1-4-12(5-2)18(9-8-16)15(19)11-6-7-14(20-3)13(17)10-11/h6-7,10,12H,4-5,8-9H2,1-3H3. The summed E-state index contributed by atoms with van der Waals surface area (Å²) in [6.07, 6.45) is 1.77. The molecular formula is C15H21BrFNO2. The molecular weight excluding hydrogens is 325 g/mol. The Morgan fingerprint density at radius 2 is 2.05 bits per heavy atom. The van der Waals surface area contributed by atoms with Crippen LogP contribution in [0, 0.1) is 5.82 Å². The number of carbonyl (C=O) groups is 1. The number of methoxy groups -OCH3 is 1. The fourth-order valence-electron chi connectivity index (χ4n) is 2.24. The van der Waals surface area contributed by atoms with E-state index in [1.807, 2.05) is 0 Å². The first-order chi connectivity index (χ1) is 9.58. The van der Waals surface area contributed by atoms with Crippen LogP contribution >= 0.6 is 15.9 Å². The number of rotatable bonds is 7. The SMILES string of the molecule is CCC(CC)N(CCBr)C(=O)c1ccc(OC)c(F)c1. The van der Waals surface area contributed by atoms with Crippen molar-refractivity contribution in [3.8, 4) is 5.75 Å². The molecule has 5 heteroatoms. The summed E-state index contributed by atoms with van der Waals surface area (Å²) >= 11 is 3.37. The number of halogens is 2. The Balaban J connectivity index is 3.02. The smallest absolute Gasteiger partial charge is 0.254 e. The van der Waals surface area contributed by atoms with Crippen LogP contribution in [0.1, 0.15) is 37.0 Å². The van der Waals surface area contributed by atoms with Gasteiger partial charge in [-0.1, -0.05) is 29.8 Å². The first-order valence-corrected chi connectivity index (χ1v) is 7.91. The molecule has 0 aliphatic carbocycles. The van der Waals surface area contributed by atoms with E-state index in [1.165, 1.54) is 19.2 Å². The van der Waals surface area contributed by atoms with Crippen LogP contribution in [0.5, 0.6) is 5.75 Å². The largest absolute Gasteiger partial charge is 0.494 e. The number of benzene rings is 1. The van der Waals surface area contributed by atoms with Crippen molar-refractivity contribution >= 4 is 21.8 Å². The van der Waals surface area contributed by atoms with Crippen molar-refractivity contribution in [1.82, 2.24) is 4.90 Å². The molecule has 0 N–H and O–H groups in total. The predicted molar refractivity (Wildman–Crippen MR) is 82.2 cm³/mol. The molecule has 0 bridgehead atoms. The normalized spacial score (nSPS) is 10.7. The van der Waals surface area contributed by atoms with Crippen LogP contribution in [-0.4, -0.2) is 35.8 Å². The van der Waals surface area contributed by atoms with Crippen molar-refractivity contribution in [1.29, 1.82) is 0 Å². The van der Waals surface area contributed by atoms with Gasteiger partial charge in [0.05, 0.1) is 7.11 Å². The molecule has 112 valence electrons. The van der Waals surface area contributed by atoms with Crippen LogP contribution in [0.25, 0.3) is 0 Å². The summed E-state index contributed by atoms with van der Waals surface area (Å²) in [4.78, 5) is 14.3. The van der Waals surface area contributed by atoms with E-state index < -0.39 is 5.82 Å². The Bertz CT molecular complexity index is 449. The predicted octanol–water partition coefficient (Wildman–Crippen LogP) is 3.86. The van der Waals surface area contributed by atoms with Gasteiger partial charge in [0.25, 0.3) is 5.91 Å². The van der Waals surface area contributed by atoms with E-state index in [2.05, 4.69) is 29.8 Å². The van der Waals surface area contributed by atoms with Crippen LogP contribution in [0.15, 0.2) is 18.2 Å². The number of alkyl halides is 1. The summed E-state index contributed by atoms with van der Waals surface area (Å²) in [6.45, 7) is 4.72. The highest BCUT2D eigenvalue weighted by molar-refractivity contribution is 9.09. The van der Waals surface area contributed by atoms with Crippen LogP contribution in [0.4, 0.5) is 4.39 Å². The lowest BCUT2D eigenvalue weighted by molar-refractivity contribution is 0.0682. The van der Waals surface area contributed by atoms with Crippen LogP contribution in [-0.2, 0) is 0 Å². The van der Waals surface area contributed by atoms with E-state index in [9.17, 15) is 9.18 Å². The van der Waals surface area contributed by atoms with Gasteiger partial charge in [0.1, 0.15) is 0 Å². The van der Waals surface area contributed by atoms with Crippen molar-refractivity contribution in [2.24, 2.45) is 0 Å². The molecule has 3 nitrogen and oxygen atoms in total. The third-order valence-corrected chi connectivity index (χ3v) is 3.72. The molecule has 0 radical (unpaired) electrons. The molecule has 0 spiro atoms. The highest BCUT2D eigenvalue weighted by Gasteiger charge is 2.22. The van der Waals surface area contributed by atoms with Gasteiger partial charge < -0.3 is 9.64 Å². The zero-order valence-corrected chi connectivity index (χ0v) is 13.7. The van der Waals surface area contributed by atoms with Gasteiger partial charge in [0.2, 0.25) is 0 Å². The summed E-state index contributed by atoms with van der Waals surface area (Å²) in [6, 6.07) is 4.51. The number of amides is 1. The molecule has 1 aromatic rings. The summed E-state index contributed by atoms with van der Waals surface area (Å²) in [5.41, 5.74) is 0.358. The van der Waals surface area contributed by atoms with Crippen molar-refractivity contribution in [2.75, 3.05) is 19.0 Å². The molecule has 1 amide bonds. The van der Waals surface area contributed by atoms with Gasteiger partial charge in [0, 0.05) is 23.5 Å². The quantitative estimate of drug-likeness (QED) is 0.702. The maximum absolute atomic E-state index is 13.7. The molecule has 0 aromatic heterocycles. The summed E-state index contributed by atoms with van der Waals surface area (Å²) in [5, 5.41) is 0.702. The Morgan fingerprint density at radius 3 is 2.50 bits per heavy atom. The van der Waals surface area contributed by atoms with Gasteiger partial charge in [-0.15, -0.1) is 0 Å². The van der Waals surface area contributed by atoms with Gasteiger partial charge in [0.15, 0.2) is 11.6 Å². The minimum Gasteiger partial charge on any atom is -0.494 e. The third-order valence-electron chi connectivity index (χ3n) is 3.37. The molecule has 0 aliphatic rings. The molecule has 1 aromatic carbocycles. The molecule has 0 unspecified atom stereocenters. The molecule has 0 saturated carbocycles. The minimum absolute atomic E-state index is 0.139. The van der Waals surface area contributed by atoms with Crippen LogP contribution < -0.4 is 4.74 Å². The number of ether oxygens (including phenoxy) is 1. The van der Waals surface area contributed by atoms with Crippen LogP contribution in [0.2, 0.25) is 0 Å². The number of hydrogen-bond donors (Lipinski definition) is 0. The zero-order valence-electron chi connectivity index (χ0n) is 12.2. The first-order valence-electron chi connectivity index (χ1n) is 6.79. The van der Waals surface area contributed by atoms with E-state index in [0.717, 1.165) is 12.8 Å². The van der Waals surface area contributed by atoms with E-state index in [-0.39, 0.29) is 17.7 Å². The summed E-state index contributed by atoms with van der Waals surface area (Å²) in [5.74, 6) is -0.502. The molecule has 20 heavy (non-hydrogen) atoms. The molecule has 1 rings (SSSR count). The van der Waals surface area contributed by atoms with Gasteiger partial charge in [-0.25, -0.2) is 4.39 Å². The Hall–Kier alpha value is -1.10. The molecule has 0 fully saturated rings. The molecule has 0 aliphatic heterocycles. The second-order valence-electron chi connectivity index (χ2n) is 4.51. The van der Waals surface area contributed by atoms with E-state index in [4.69, 9.17) is 4.74 Å². The maximum atomic E-state index is 13.7. The number of carbonyl (C=O) groups excluding carboxylic acids is 1. The first kappa shape index (κ1) is 17.0. The van der Waals surface area contributed by atoms with Crippen LogP contribution in [0.3, 0.4) is 0 Å². The van der Waals surface area contributed by atoms with Crippen molar-refractivity contribution in [3.63, 3.8) is 0 Å². The van der Waals surface area contributed by atoms with E-state index >= 15 is 0 Å². The van der Waals surface area contributed by atoms with E-state index in [0.29, 0.717) is 17.4 Å². The van der Waals surface area contributed by atoms with E-state index in [1.54, 1.807) is 11.0 Å². The average Bonchev–Trinajstić information content (AvgIpc) is 2.46. The lowest BCUT2D eigenvalue weighted by Gasteiger charge is -2.30. The number of hydrogen-bond acceptors (Lipinski definition) is 2. The minimum atomic E-state index is -0.512. The van der Waals surface area contributed by atoms with Crippen molar-refractivity contribution in [3.05, 3.63) is 29.6 Å². The second kappa shape index (κ2) is 8.25. The van der Waals surface area contributed by atoms with Gasteiger partial charge >= 0.3 is 0 Å². The lowest BCUT2D eigenvalue weighted by atomic mass is 10.1. The highest BCUT2D eigenvalue weighted by Crippen LogP contribution is 2.20. The maximum Gasteiger partial charge on any atom is 0.254 e. The fraction of sp³-hybridized carbons (Fsp3) is 0.533. The van der Waals surface area contributed by atoms with Gasteiger partial charge in [-0.05, 0) is 31.0 Å². The molecule has 0 atom stereocenters. The van der Waals surface area contributed by atoms with Gasteiger partial charge in [-0.3, -0.25) is 4.79 Å². The Kier molecular flexibility index (Phi) is 6.99. The molecule has 0 heterocycles.